The first kappa shape index (κ1) is 22.3. The van der Waals surface area contributed by atoms with E-state index in [0.717, 1.165) is 44.1 Å². The van der Waals surface area contributed by atoms with E-state index in [9.17, 15) is 0 Å². The summed E-state index contributed by atoms with van der Waals surface area (Å²) in [5.41, 5.74) is 4.12. The summed E-state index contributed by atoms with van der Waals surface area (Å²) in [6.07, 6.45) is 0. The van der Waals surface area contributed by atoms with Gasteiger partial charge in [0.15, 0.2) is 5.58 Å². The zero-order valence-corrected chi connectivity index (χ0v) is 22.3. The summed E-state index contributed by atoms with van der Waals surface area (Å²) >= 11 is 1.77. The number of fused-ring (bicyclic) bond motifs is 7. The average molecular weight is 517 g/mol. The van der Waals surface area contributed by atoms with Gasteiger partial charge in [0.1, 0.15) is 16.7 Å². The Bertz CT molecular complexity index is 2050. The van der Waals surface area contributed by atoms with Gasteiger partial charge in [-0.25, -0.2) is 4.98 Å². The van der Waals surface area contributed by atoms with Crippen molar-refractivity contribution in [2.24, 2.45) is 0 Å². The predicted octanol–water partition coefficient (Wildman–Crippen LogP) is 8.06. The average Bonchev–Trinajstić information content (AvgIpc) is 3.62. The molecule has 1 saturated heterocycles. The van der Waals surface area contributed by atoms with Crippen molar-refractivity contribution < 1.29 is 18.1 Å². The molecule has 0 radical (unpaired) electrons. The lowest BCUT2D eigenvalue weighted by atomic mass is 9.76. The van der Waals surface area contributed by atoms with Crippen molar-refractivity contribution in [3.63, 3.8) is 0 Å². The third kappa shape index (κ3) is 3.04. The first-order valence-electron chi connectivity index (χ1n) is 12.8. The Labute approximate surface area is 223 Å². The van der Waals surface area contributed by atoms with E-state index in [1.54, 1.807) is 11.3 Å². The van der Waals surface area contributed by atoms with Crippen molar-refractivity contribution in [1.82, 2.24) is 4.98 Å². The molecule has 4 aromatic carbocycles. The van der Waals surface area contributed by atoms with Crippen LogP contribution < -0.4 is 5.46 Å². The van der Waals surface area contributed by atoms with Crippen LogP contribution in [0, 0.1) is 0 Å². The van der Waals surface area contributed by atoms with E-state index in [2.05, 4.69) is 76.2 Å². The van der Waals surface area contributed by atoms with Crippen LogP contribution in [0.15, 0.2) is 81.6 Å². The topological polar surface area (TPSA) is 57.6 Å². The molecule has 0 saturated carbocycles. The van der Waals surface area contributed by atoms with Crippen molar-refractivity contribution in [3.05, 3.63) is 72.8 Å². The molecule has 0 bridgehead atoms. The lowest BCUT2D eigenvalue weighted by Gasteiger charge is -2.32. The maximum absolute atomic E-state index is 6.41. The van der Waals surface area contributed by atoms with E-state index in [1.807, 2.05) is 24.3 Å². The molecule has 7 heteroatoms. The van der Waals surface area contributed by atoms with Gasteiger partial charge in [0, 0.05) is 37.0 Å². The molecule has 1 aliphatic rings. The highest BCUT2D eigenvalue weighted by Gasteiger charge is 2.52. The molecule has 7 aromatic rings. The Morgan fingerprint density at radius 3 is 2.32 bits per heavy atom. The van der Waals surface area contributed by atoms with E-state index in [1.165, 1.54) is 20.2 Å². The summed E-state index contributed by atoms with van der Waals surface area (Å²) < 4.78 is 27.9. The van der Waals surface area contributed by atoms with Crippen LogP contribution in [0.1, 0.15) is 27.7 Å². The highest BCUT2D eigenvalue weighted by molar-refractivity contribution is 7.26. The first-order valence-corrected chi connectivity index (χ1v) is 13.6. The number of rotatable bonds is 2. The summed E-state index contributed by atoms with van der Waals surface area (Å²) in [5, 5.41) is 4.41. The standard InChI is InChI=1S/C31H24BNO4S/c1-30(2)31(3,4)37-32(36-30)21-12-8-13-23-27(21)20-15-25-22(16-24(20)34-23)33-29(35-25)19-11-7-10-18-17-9-5-6-14-26(17)38-28(18)19/h5-16H,1-4H3. The van der Waals surface area contributed by atoms with E-state index in [4.69, 9.17) is 23.1 Å². The summed E-state index contributed by atoms with van der Waals surface area (Å²) in [7, 11) is -0.490. The number of thiophene rings is 1. The molecule has 38 heavy (non-hydrogen) atoms. The van der Waals surface area contributed by atoms with Crippen LogP contribution in [0.2, 0.25) is 0 Å². The highest BCUT2D eigenvalue weighted by atomic mass is 32.1. The number of hydrogen-bond acceptors (Lipinski definition) is 6. The summed E-state index contributed by atoms with van der Waals surface area (Å²) in [6, 6.07) is 24.8. The fraction of sp³-hybridized carbons (Fsp3) is 0.194. The van der Waals surface area contributed by atoms with Crippen LogP contribution >= 0.6 is 11.3 Å². The fourth-order valence-electron chi connectivity index (χ4n) is 5.47. The molecule has 1 aliphatic heterocycles. The van der Waals surface area contributed by atoms with Crippen molar-refractivity contribution in [3.8, 4) is 11.5 Å². The van der Waals surface area contributed by atoms with Gasteiger partial charge < -0.3 is 18.1 Å². The number of oxazole rings is 1. The first-order chi connectivity index (χ1) is 18.3. The lowest BCUT2D eigenvalue weighted by Crippen LogP contribution is -2.41. The molecule has 0 amide bonds. The Morgan fingerprint density at radius 1 is 0.711 bits per heavy atom. The number of furan rings is 1. The highest BCUT2D eigenvalue weighted by Crippen LogP contribution is 2.42. The normalized spacial score (nSPS) is 17.1. The van der Waals surface area contributed by atoms with Crippen LogP contribution in [-0.2, 0) is 9.31 Å². The van der Waals surface area contributed by atoms with Crippen molar-refractivity contribution >= 4 is 77.1 Å². The zero-order chi connectivity index (χ0) is 25.8. The molecule has 0 spiro atoms. The van der Waals surface area contributed by atoms with Crippen LogP contribution in [-0.4, -0.2) is 23.3 Å². The molecule has 8 rings (SSSR count). The molecule has 1 fully saturated rings. The van der Waals surface area contributed by atoms with Crippen LogP contribution in [0.25, 0.3) is 64.7 Å². The summed E-state index contributed by atoms with van der Waals surface area (Å²) in [6.45, 7) is 8.27. The second-order valence-corrected chi connectivity index (χ2v) is 12.1. The Hall–Kier alpha value is -3.65. The molecule has 0 N–H and O–H groups in total. The predicted molar refractivity (Wildman–Crippen MR) is 155 cm³/mol. The molecular formula is C31H24BNO4S. The van der Waals surface area contributed by atoms with Gasteiger partial charge >= 0.3 is 7.12 Å². The third-order valence-electron chi connectivity index (χ3n) is 8.18. The SMILES string of the molecule is CC1(C)OB(c2cccc3oc4cc5nc(-c6cccc7c6sc6ccccc67)oc5cc4c23)OC1(C)C. The maximum atomic E-state index is 6.41. The molecule has 0 atom stereocenters. The largest absolute Gasteiger partial charge is 0.495 e. The van der Waals surface area contributed by atoms with Gasteiger partial charge in [-0.15, -0.1) is 11.3 Å². The minimum Gasteiger partial charge on any atom is -0.456 e. The maximum Gasteiger partial charge on any atom is 0.495 e. The van der Waals surface area contributed by atoms with Crippen LogP contribution in [0.3, 0.4) is 0 Å². The summed E-state index contributed by atoms with van der Waals surface area (Å²) in [5.74, 6) is 0.611. The lowest BCUT2D eigenvalue weighted by molar-refractivity contribution is 0.00578. The molecule has 0 aliphatic carbocycles. The minimum absolute atomic E-state index is 0.430. The molecule has 5 nitrogen and oxygen atoms in total. The van der Waals surface area contributed by atoms with E-state index in [-0.39, 0.29) is 0 Å². The Balaban J connectivity index is 1.31. The molecule has 0 unspecified atom stereocenters. The zero-order valence-electron chi connectivity index (χ0n) is 21.5. The quantitative estimate of drug-likeness (QED) is 0.217. The Kier molecular flexibility index (Phi) is 4.40. The van der Waals surface area contributed by atoms with Gasteiger partial charge in [0.25, 0.3) is 0 Å². The van der Waals surface area contributed by atoms with E-state index in [0.29, 0.717) is 5.89 Å². The fourth-order valence-corrected chi connectivity index (χ4v) is 6.68. The number of benzene rings is 4. The van der Waals surface area contributed by atoms with Crippen molar-refractivity contribution in [1.29, 1.82) is 0 Å². The van der Waals surface area contributed by atoms with Gasteiger partial charge in [-0.2, -0.15) is 0 Å². The van der Waals surface area contributed by atoms with Crippen molar-refractivity contribution in [2.75, 3.05) is 0 Å². The number of hydrogen-bond donors (Lipinski definition) is 0. The molecular weight excluding hydrogens is 493 g/mol. The molecule has 4 heterocycles. The Morgan fingerprint density at radius 2 is 1.47 bits per heavy atom. The van der Waals surface area contributed by atoms with Gasteiger partial charge in [0.2, 0.25) is 5.89 Å². The van der Waals surface area contributed by atoms with E-state index >= 15 is 0 Å². The number of nitrogens with zero attached hydrogens (tertiary/aromatic N) is 1. The second kappa shape index (κ2) is 7.47. The van der Waals surface area contributed by atoms with Gasteiger partial charge in [0.05, 0.1) is 16.8 Å². The van der Waals surface area contributed by atoms with E-state index < -0.39 is 18.3 Å². The minimum atomic E-state index is -0.490. The smallest absolute Gasteiger partial charge is 0.456 e. The van der Waals surface area contributed by atoms with Gasteiger partial charge in [-0.1, -0.05) is 42.5 Å². The van der Waals surface area contributed by atoms with Crippen LogP contribution in [0.4, 0.5) is 0 Å². The van der Waals surface area contributed by atoms with Gasteiger partial charge in [-0.05, 0) is 57.4 Å². The number of aromatic nitrogens is 1. The monoisotopic (exact) mass is 517 g/mol. The molecule has 186 valence electrons. The van der Waals surface area contributed by atoms with Crippen LogP contribution in [0.5, 0.6) is 0 Å². The van der Waals surface area contributed by atoms with Crippen molar-refractivity contribution in [2.45, 2.75) is 38.9 Å². The van der Waals surface area contributed by atoms with Gasteiger partial charge in [-0.3, -0.25) is 0 Å². The third-order valence-corrected chi connectivity index (χ3v) is 9.40. The molecule has 3 aromatic heterocycles. The summed E-state index contributed by atoms with van der Waals surface area (Å²) in [4.78, 5) is 4.89. The second-order valence-electron chi connectivity index (χ2n) is 11.0.